The number of hydrogen-bond donors (Lipinski definition) is 1. The van der Waals surface area contributed by atoms with Gasteiger partial charge in [0.2, 0.25) is 5.88 Å². The second-order valence-electron chi connectivity index (χ2n) is 8.36. The summed E-state index contributed by atoms with van der Waals surface area (Å²) in [4.78, 5) is 24.6. The van der Waals surface area contributed by atoms with Crippen molar-refractivity contribution in [3.63, 3.8) is 0 Å². The fourth-order valence-corrected chi connectivity index (χ4v) is 3.98. The first kappa shape index (κ1) is 25.3. The highest BCUT2D eigenvalue weighted by Crippen LogP contribution is 2.43. The van der Waals surface area contributed by atoms with Gasteiger partial charge in [0.25, 0.3) is 0 Å². The van der Waals surface area contributed by atoms with Crippen LogP contribution in [0, 0.1) is 11.3 Å². The average molecular weight is 499 g/mol. The van der Waals surface area contributed by atoms with Crippen LogP contribution in [0.5, 0.6) is 17.2 Å². The number of rotatable bonds is 8. The number of hydrogen-bond acceptors (Lipinski definition) is 8. The fraction of sp³-hybridized carbons (Fsp3) is 0.207. The van der Waals surface area contributed by atoms with E-state index in [1.165, 1.54) is 7.11 Å². The molecule has 1 heterocycles. The zero-order chi connectivity index (χ0) is 26.4. The molecule has 0 spiro atoms. The Morgan fingerprint density at radius 2 is 1.78 bits per heavy atom. The van der Waals surface area contributed by atoms with Gasteiger partial charge < -0.3 is 24.7 Å². The number of nitrogens with two attached hydrogens (primary N) is 1. The van der Waals surface area contributed by atoms with Gasteiger partial charge in [-0.05, 0) is 48.4 Å². The van der Waals surface area contributed by atoms with Crippen LogP contribution in [0.1, 0.15) is 57.5 Å². The number of carbonyl (C=O) groups is 2. The van der Waals surface area contributed by atoms with Crippen LogP contribution >= 0.6 is 0 Å². The van der Waals surface area contributed by atoms with Crippen molar-refractivity contribution in [3.8, 4) is 23.3 Å². The van der Waals surface area contributed by atoms with Gasteiger partial charge in [0.15, 0.2) is 0 Å². The molecule has 8 heteroatoms. The molecule has 0 bridgehead atoms. The third kappa shape index (κ3) is 5.57. The summed E-state index contributed by atoms with van der Waals surface area (Å²) in [5.74, 6) is -0.360. The van der Waals surface area contributed by atoms with Gasteiger partial charge in [-0.15, -0.1) is 0 Å². The molecule has 0 fully saturated rings. The van der Waals surface area contributed by atoms with Crippen molar-refractivity contribution < 1.29 is 28.5 Å². The highest BCUT2D eigenvalue weighted by molar-refractivity contribution is 5.91. The third-order valence-electron chi connectivity index (χ3n) is 5.90. The van der Waals surface area contributed by atoms with Gasteiger partial charge in [0, 0.05) is 11.6 Å². The molecule has 4 rings (SSSR count). The number of fused-ring (bicyclic) bond motifs is 1. The highest BCUT2D eigenvalue weighted by atomic mass is 16.5. The Kier molecular flexibility index (Phi) is 7.74. The molecule has 188 valence electrons. The lowest BCUT2D eigenvalue weighted by molar-refractivity contribution is 0.0600. The maximum absolute atomic E-state index is 12.8. The van der Waals surface area contributed by atoms with E-state index >= 15 is 0 Å². The molecular weight excluding hydrogens is 472 g/mol. The minimum absolute atomic E-state index is 0.0440. The number of carbonyl (C=O) groups excluding carboxylic acids is 2. The number of nitrogens with zero attached hydrogens (tertiary/aromatic N) is 1. The lowest BCUT2D eigenvalue weighted by atomic mass is 9.83. The average Bonchev–Trinajstić information content (AvgIpc) is 2.92. The topological polar surface area (TPSA) is 121 Å². The molecule has 2 N–H and O–H groups in total. The standard InChI is InChI=1S/C29H26N2O6/c1-3-4-14-35-21-7-5-6-20(15-21)29(33)36-22-12-13-23-25(16-22)37-27(31)24(17-30)26(23)18-8-10-19(11-9-18)28(32)34-2/h5-13,15-16,26H,3-4,14,31H2,1-2H3. The van der Waals surface area contributed by atoms with Gasteiger partial charge >= 0.3 is 11.9 Å². The van der Waals surface area contributed by atoms with Gasteiger partial charge in [-0.2, -0.15) is 5.26 Å². The Hall–Kier alpha value is -4.77. The van der Waals surface area contributed by atoms with Crippen molar-refractivity contribution in [3.05, 3.63) is 100 Å². The Balaban J connectivity index is 1.59. The van der Waals surface area contributed by atoms with E-state index in [0.717, 1.165) is 18.4 Å². The lowest BCUT2D eigenvalue weighted by Gasteiger charge is -2.26. The van der Waals surface area contributed by atoms with Crippen LogP contribution in [-0.2, 0) is 4.74 Å². The molecule has 0 aliphatic carbocycles. The van der Waals surface area contributed by atoms with E-state index in [0.29, 0.717) is 34.8 Å². The molecule has 0 saturated heterocycles. The molecule has 0 radical (unpaired) electrons. The Morgan fingerprint density at radius 1 is 1.00 bits per heavy atom. The number of esters is 2. The minimum atomic E-state index is -0.548. The number of allylic oxidation sites excluding steroid dienone is 1. The van der Waals surface area contributed by atoms with Crippen LogP contribution in [0.25, 0.3) is 0 Å². The van der Waals surface area contributed by atoms with Crippen LogP contribution < -0.4 is 19.9 Å². The molecular formula is C29H26N2O6. The lowest BCUT2D eigenvalue weighted by Crippen LogP contribution is -2.21. The number of nitriles is 1. The molecule has 1 atom stereocenters. The molecule has 8 nitrogen and oxygen atoms in total. The predicted molar refractivity (Wildman–Crippen MR) is 135 cm³/mol. The first-order chi connectivity index (χ1) is 17.9. The molecule has 37 heavy (non-hydrogen) atoms. The highest BCUT2D eigenvalue weighted by Gasteiger charge is 2.31. The fourth-order valence-electron chi connectivity index (χ4n) is 3.98. The SMILES string of the molecule is CCCCOc1cccc(C(=O)Oc2ccc3c(c2)OC(N)=C(C#N)C3c2ccc(C(=O)OC)cc2)c1. The summed E-state index contributed by atoms with van der Waals surface area (Å²) in [5.41, 5.74) is 8.46. The molecule has 0 saturated carbocycles. The van der Waals surface area contributed by atoms with Crippen molar-refractivity contribution in [2.45, 2.75) is 25.7 Å². The Morgan fingerprint density at radius 3 is 2.49 bits per heavy atom. The van der Waals surface area contributed by atoms with E-state index in [-0.39, 0.29) is 17.2 Å². The van der Waals surface area contributed by atoms with E-state index < -0.39 is 17.9 Å². The maximum atomic E-state index is 12.8. The first-order valence-corrected chi connectivity index (χ1v) is 11.8. The summed E-state index contributed by atoms with van der Waals surface area (Å²) in [5, 5.41) is 9.77. The third-order valence-corrected chi connectivity index (χ3v) is 5.90. The second kappa shape index (κ2) is 11.3. The van der Waals surface area contributed by atoms with E-state index in [4.69, 9.17) is 24.7 Å². The summed E-state index contributed by atoms with van der Waals surface area (Å²) in [6, 6.07) is 20.6. The maximum Gasteiger partial charge on any atom is 0.343 e. The number of ether oxygens (including phenoxy) is 4. The van der Waals surface area contributed by atoms with Crippen molar-refractivity contribution in [2.24, 2.45) is 5.73 Å². The van der Waals surface area contributed by atoms with E-state index in [2.05, 4.69) is 13.0 Å². The van der Waals surface area contributed by atoms with Gasteiger partial charge in [-0.3, -0.25) is 0 Å². The van der Waals surface area contributed by atoms with Gasteiger partial charge in [-0.1, -0.05) is 37.6 Å². The summed E-state index contributed by atoms with van der Waals surface area (Å²) in [7, 11) is 1.31. The zero-order valence-electron chi connectivity index (χ0n) is 20.5. The molecule has 1 aliphatic heterocycles. The van der Waals surface area contributed by atoms with Gasteiger partial charge in [0.1, 0.15) is 28.9 Å². The molecule has 3 aromatic rings. The van der Waals surface area contributed by atoms with E-state index in [9.17, 15) is 14.9 Å². The second-order valence-corrected chi connectivity index (χ2v) is 8.36. The van der Waals surface area contributed by atoms with Crippen LogP contribution in [-0.4, -0.2) is 25.7 Å². The summed E-state index contributed by atoms with van der Waals surface area (Å²) in [6.45, 7) is 2.65. The number of unbranched alkanes of at least 4 members (excludes halogenated alkanes) is 1. The monoisotopic (exact) mass is 498 g/mol. The normalized spacial score (nSPS) is 14.1. The predicted octanol–water partition coefficient (Wildman–Crippen LogP) is 5.09. The van der Waals surface area contributed by atoms with Crippen LogP contribution in [0.15, 0.2) is 78.2 Å². The molecule has 0 amide bonds. The minimum Gasteiger partial charge on any atom is -0.494 e. The van der Waals surface area contributed by atoms with Crippen molar-refractivity contribution in [1.82, 2.24) is 0 Å². The largest absolute Gasteiger partial charge is 0.494 e. The zero-order valence-corrected chi connectivity index (χ0v) is 20.5. The first-order valence-electron chi connectivity index (χ1n) is 11.8. The van der Waals surface area contributed by atoms with E-state index in [1.54, 1.807) is 66.7 Å². The smallest absolute Gasteiger partial charge is 0.343 e. The van der Waals surface area contributed by atoms with Crippen molar-refractivity contribution in [2.75, 3.05) is 13.7 Å². The van der Waals surface area contributed by atoms with Crippen molar-refractivity contribution in [1.29, 1.82) is 5.26 Å². The quantitative estimate of drug-likeness (QED) is 0.259. The van der Waals surface area contributed by atoms with Crippen LogP contribution in [0.4, 0.5) is 0 Å². The van der Waals surface area contributed by atoms with E-state index in [1.807, 2.05) is 0 Å². The summed E-state index contributed by atoms with van der Waals surface area (Å²) >= 11 is 0. The summed E-state index contributed by atoms with van der Waals surface area (Å²) < 4.78 is 21.7. The van der Waals surface area contributed by atoms with Gasteiger partial charge in [-0.25, -0.2) is 9.59 Å². The Bertz CT molecular complexity index is 1390. The Labute approximate surface area is 214 Å². The number of benzene rings is 3. The summed E-state index contributed by atoms with van der Waals surface area (Å²) in [6.07, 6.45) is 1.93. The molecule has 1 unspecified atom stereocenters. The molecule has 3 aromatic carbocycles. The number of methoxy groups -OCH3 is 1. The van der Waals surface area contributed by atoms with Gasteiger partial charge in [0.05, 0.1) is 30.8 Å². The van der Waals surface area contributed by atoms with Crippen LogP contribution in [0.3, 0.4) is 0 Å². The van der Waals surface area contributed by atoms with Crippen LogP contribution in [0.2, 0.25) is 0 Å². The van der Waals surface area contributed by atoms with Crippen molar-refractivity contribution >= 4 is 11.9 Å². The molecule has 0 aromatic heterocycles. The molecule has 1 aliphatic rings.